The van der Waals surface area contributed by atoms with Crippen LogP contribution in [0.3, 0.4) is 0 Å². The molecular weight excluding hydrogens is 365 g/mol. The van der Waals surface area contributed by atoms with Crippen molar-refractivity contribution in [1.82, 2.24) is 9.97 Å². The van der Waals surface area contributed by atoms with Gasteiger partial charge in [-0.15, -0.1) is 0 Å². The maximum atomic E-state index is 5.82. The van der Waals surface area contributed by atoms with Crippen LogP contribution in [0.2, 0.25) is 0 Å². The Bertz CT molecular complexity index is 618. The first-order valence-electron chi connectivity index (χ1n) is 6.75. The molecule has 0 fully saturated rings. The molecule has 1 atom stereocenters. The highest BCUT2D eigenvalue weighted by Crippen LogP contribution is 2.31. The van der Waals surface area contributed by atoms with Crippen LogP contribution < -0.4 is 10.1 Å². The molecule has 1 aromatic heterocycles. The predicted molar refractivity (Wildman–Crippen MR) is 87.3 cm³/mol. The lowest BCUT2D eigenvalue weighted by Crippen LogP contribution is -2.21. The van der Waals surface area contributed by atoms with Crippen molar-refractivity contribution in [1.29, 1.82) is 0 Å². The van der Waals surface area contributed by atoms with E-state index < -0.39 is 0 Å². The molecule has 1 aliphatic heterocycles. The number of nitrogens with one attached hydrogen (secondary N) is 1. The largest absolute Gasteiger partial charge is 0.493 e. The van der Waals surface area contributed by atoms with E-state index in [1.54, 1.807) is 0 Å². The Kier molecular flexibility index (Phi) is 4.05. The van der Waals surface area contributed by atoms with E-state index in [9.17, 15) is 0 Å². The van der Waals surface area contributed by atoms with Gasteiger partial charge in [0.15, 0.2) is 0 Å². The van der Waals surface area contributed by atoms with Crippen LogP contribution in [-0.4, -0.2) is 23.1 Å². The second-order valence-corrected chi connectivity index (χ2v) is 5.94. The zero-order chi connectivity index (χ0) is 13.9. The quantitative estimate of drug-likeness (QED) is 0.830. The van der Waals surface area contributed by atoms with E-state index in [2.05, 4.69) is 50.9 Å². The van der Waals surface area contributed by atoms with E-state index in [-0.39, 0.29) is 5.92 Å². The number of halogens is 1. The van der Waals surface area contributed by atoms with Crippen molar-refractivity contribution in [2.45, 2.75) is 19.3 Å². The molecule has 0 amide bonds. The maximum Gasteiger partial charge on any atom is 0.143 e. The summed E-state index contributed by atoms with van der Waals surface area (Å²) in [6.07, 6.45) is 2.81. The number of fused-ring (bicyclic) bond motifs is 1. The number of rotatable bonds is 3. The zero-order valence-electron chi connectivity index (χ0n) is 11.3. The molecule has 1 unspecified atom stereocenters. The monoisotopic (exact) mass is 381 g/mol. The number of anilines is 1. The SMILES string of the molecule is CCNc1nc(C2COc3ccccc3C2)ncc1I. The summed E-state index contributed by atoms with van der Waals surface area (Å²) in [5.41, 5.74) is 1.23. The van der Waals surface area contributed by atoms with Gasteiger partial charge in [-0.3, -0.25) is 0 Å². The van der Waals surface area contributed by atoms with Gasteiger partial charge in [0.05, 0.1) is 16.1 Å². The van der Waals surface area contributed by atoms with Crippen LogP contribution in [0.4, 0.5) is 5.82 Å². The summed E-state index contributed by atoms with van der Waals surface area (Å²) in [4.78, 5) is 9.13. The molecule has 0 radical (unpaired) electrons. The van der Waals surface area contributed by atoms with E-state index in [1.807, 2.05) is 24.4 Å². The van der Waals surface area contributed by atoms with Gasteiger partial charge in [0, 0.05) is 12.7 Å². The molecule has 4 nitrogen and oxygen atoms in total. The minimum Gasteiger partial charge on any atom is -0.493 e. The second kappa shape index (κ2) is 5.95. The summed E-state index contributed by atoms with van der Waals surface area (Å²) in [6.45, 7) is 3.57. The van der Waals surface area contributed by atoms with Crippen molar-refractivity contribution < 1.29 is 4.74 Å². The van der Waals surface area contributed by atoms with Crippen molar-refractivity contribution in [3.05, 3.63) is 45.4 Å². The van der Waals surface area contributed by atoms with Crippen molar-refractivity contribution in [3.8, 4) is 5.75 Å². The van der Waals surface area contributed by atoms with Gasteiger partial charge in [-0.25, -0.2) is 9.97 Å². The highest BCUT2D eigenvalue weighted by atomic mass is 127. The number of hydrogen-bond acceptors (Lipinski definition) is 4. The normalized spacial score (nSPS) is 17.2. The first kappa shape index (κ1) is 13.6. The van der Waals surface area contributed by atoms with Crippen LogP contribution in [0, 0.1) is 3.57 Å². The van der Waals surface area contributed by atoms with Crippen molar-refractivity contribution in [2.75, 3.05) is 18.5 Å². The molecule has 0 bridgehead atoms. The topological polar surface area (TPSA) is 47.0 Å². The van der Waals surface area contributed by atoms with E-state index in [1.165, 1.54) is 5.56 Å². The molecule has 1 aromatic carbocycles. The first-order valence-corrected chi connectivity index (χ1v) is 7.82. The third-order valence-electron chi connectivity index (χ3n) is 3.35. The standard InChI is InChI=1S/C15H16IN3O/c1-2-17-15-12(16)8-18-14(19-15)11-7-10-5-3-4-6-13(10)20-9-11/h3-6,8,11H,2,7,9H2,1H3,(H,17,18,19). The fourth-order valence-electron chi connectivity index (χ4n) is 2.36. The van der Waals surface area contributed by atoms with Crippen molar-refractivity contribution in [3.63, 3.8) is 0 Å². The van der Waals surface area contributed by atoms with Crippen molar-refractivity contribution >= 4 is 28.4 Å². The van der Waals surface area contributed by atoms with E-state index >= 15 is 0 Å². The minimum atomic E-state index is 0.222. The molecule has 2 heterocycles. The number of hydrogen-bond donors (Lipinski definition) is 1. The molecular formula is C15H16IN3O. The molecule has 3 rings (SSSR count). The number of benzene rings is 1. The van der Waals surface area contributed by atoms with E-state index in [0.717, 1.165) is 33.9 Å². The molecule has 20 heavy (non-hydrogen) atoms. The van der Waals surface area contributed by atoms with Gasteiger partial charge in [-0.1, -0.05) is 18.2 Å². The molecule has 104 valence electrons. The predicted octanol–water partition coefficient (Wildman–Crippen LogP) is 3.23. The molecule has 2 aromatic rings. The van der Waals surface area contributed by atoms with Crippen molar-refractivity contribution in [2.24, 2.45) is 0 Å². The van der Waals surface area contributed by atoms with E-state index in [4.69, 9.17) is 4.74 Å². The lowest BCUT2D eigenvalue weighted by atomic mass is 9.96. The molecule has 0 spiro atoms. The smallest absolute Gasteiger partial charge is 0.143 e. The summed E-state index contributed by atoms with van der Waals surface area (Å²) in [5, 5.41) is 3.28. The Morgan fingerprint density at radius 1 is 1.40 bits per heavy atom. The highest BCUT2D eigenvalue weighted by molar-refractivity contribution is 14.1. The number of para-hydroxylation sites is 1. The van der Waals surface area contributed by atoms with Gasteiger partial charge in [0.25, 0.3) is 0 Å². The average Bonchev–Trinajstić information content (AvgIpc) is 2.49. The molecule has 0 saturated heterocycles. The Labute approximate surface area is 132 Å². The van der Waals surface area contributed by atoms with Gasteiger partial charge in [-0.05, 0) is 47.6 Å². The van der Waals surface area contributed by atoms with Gasteiger partial charge < -0.3 is 10.1 Å². The molecule has 5 heteroatoms. The summed E-state index contributed by atoms with van der Waals surface area (Å²) in [6, 6.07) is 8.18. The lowest BCUT2D eigenvalue weighted by Gasteiger charge is -2.24. The third kappa shape index (κ3) is 2.72. The zero-order valence-corrected chi connectivity index (χ0v) is 13.4. The highest BCUT2D eigenvalue weighted by Gasteiger charge is 2.23. The summed E-state index contributed by atoms with van der Waals surface area (Å²) >= 11 is 2.25. The molecule has 1 aliphatic rings. The van der Waals surface area contributed by atoms with Gasteiger partial charge in [0.2, 0.25) is 0 Å². The van der Waals surface area contributed by atoms with Crippen LogP contribution in [0.25, 0.3) is 0 Å². The number of ether oxygens (including phenoxy) is 1. The third-order valence-corrected chi connectivity index (χ3v) is 4.14. The maximum absolute atomic E-state index is 5.82. The number of aromatic nitrogens is 2. The first-order chi connectivity index (χ1) is 9.78. The van der Waals surface area contributed by atoms with E-state index in [0.29, 0.717) is 6.61 Å². The lowest BCUT2D eigenvalue weighted by molar-refractivity contribution is 0.258. The van der Waals surface area contributed by atoms with Crippen LogP contribution in [0.5, 0.6) is 5.75 Å². The fraction of sp³-hybridized carbons (Fsp3) is 0.333. The average molecular weight is 381 g/mol. The molecule has 0 aliphatic carbocycles. The van der Waals surface area contributed by atoms with Crippen LogP contribution in [0.1, 0.15) is 24.2 Å². The van der Waals surface area contributed by atoms with Gasteiger partial charge in [0.1, 0.15) is 17.4 Å². The summed E-state index contributed by atoms with van der Waals surface area (Å²) in [7, 11) is 0. The molecule has 0 saturated carbocycles. The molecule has 1 N–H and O–H groups in total. The Morgan fingerprint density at radius 3 is 3.10 bits per heavy atom. The Morgan fingerprint density at radius 2 is 2.25 bits per heavy atom. The Hall–Kier alpha value is -1.37. The summed E-state index contributed by atoms with van der Waals surface area (Å²) < 4.78 is 6.86. The second-order valence-electron chi connectivity index (χ2n) is 4.77. The number of nitrogens with zero attached hydrogens (tertiary/aromatic N) is 2. The van der Waals surface area contributed by atoms with Gasteiger partial charge in [-0.2, -0.15) is 0 Å². The summed E-state index contributed by atoms with van der Waals surface area (Å²) in [5.74, 6) is 2.98. The van der Waals surface area contributed by atoms with Crippen LogP contribution >= 0.6 is 22.6 Å². The van der Waals surface area contributed by atoms with Crippen LogP contribution in [0.15, 0.2) is 30.5 Å². The Balaban J connectivity index is 1.86. The fourth-order valence-corrected chi connectivity index (χ4v) is 2.81. The van der Waals surface area contributed by atoms with Crippen LogP contribution in [-0.2, 0) is 6.42 Å². The minimum absolute atomic E-state index is 0.222. The van der Waals surface area contributed by atoms with Gasteiger partial charge >= 0.3 is 0 Å².